The van der Waals surface area contributed by atoms with Gasteiger partial charge >= 0.3 is 0 Å². The highest BCUT2D eigenvalue weighted by Gasteiger charge is 2.11. The normalized spacial score (nSPS) is 11.9. The first-order valence-corrected chi connectivity index (χ1v) is 5.24. The van der Waals surface area contributed by atoms with E-state index >= 15 is 0 Å². The summed E-state index contributed by atoms with van der Waals surface area (Å²) < 4.78 is 14.0. The summed E-state index contributed by atoms with van der Waals surface area (Å²) >= 11 is 3.07. The maximum Gasteiger partial charge on any atom is 0.146 e. The van der Waals surface area contributed by atoms with E-state index in [0.29, 0.717) is 16.5 Å². The van der Waals surface area contributed by atoms with Crippen LogP contribution in [0.15, 0.2) is 28.2 Å². The molecule has 1 rings (SSSR count). The summed E-state index contributed by atoms with van der Waals surface area (Å²) in [7, 11) is 0. The quantitative estimate of drug-likeness (QED) is 0.838. The molecule has 15 heavy (non-hydrogen) atoms. The zero-order valence-corrected chi connectivity index (χ0v) is 9.81. The van der Waals surface area contributed by atoms with Crippen LogP contribution in [0.5, 0.6) is 0 Å². The maximum atomic E-state index is 13.6. The smallest absolute Gasteiger partial charge is 0.146 e. The van der Waals surface area contributed by atoms with E-state index in [1.807, 2.05) is 6.07 Å². The molecule has 0 atom stereocenters. The summed E-state index contributed by atoms with van der Waals surface area (Å²) in [5.74, 6) is -0.434. The number of benzene rings is 1. The molecule has 0 aliphatic heterocycles. The van der Waals surface area contributed by atoms with Crippen LogP contribution in [0.25, 0.3) is 5.70 Å². The predicted molar refractivity (Wildman–Crippen MR) is 61.1 cm³/mol. The van der Waals surface area contributed by atoms with Crippen LogP contribution in [0.2, 0.25) is 0 Å². The van der Waals surface area contributed by atoms with Gasteiger partial charge in [0.25, 0.3) is 0 Å². The lowest BCUT2D eigenvalue weighted by molar-refractivity contribution is 0.617. The molecule has 0 aliphatic rings. The first kappa shape index (κ1) is 11.7. The average Bonchev–Trinajstić information content (AvgIpc) is 2.23. The topological polar surface area (TPSA) is 49.8 Å². The number of hydrogen-bond donors (Lipinski definition) is 1. The summed E-state index contributed by atoms with van der Waals surface area (Å²) in [6.07, 6.45) is 0.494. The molecule has 0 heterocycles. The number of hydrogen-bond acceptors (Lipinski definition) is 2. The molecule has 0 unspecified atom stereocenters. The monoisotopic (exact) mass is 268 g/mol. The van der Waals surface area contributed by atoms with Crippen LogP contribution < -0.4 is 5.73 Å². The second-order valence-electron chi connectivity index (χ2n) is 2.96. The summed E-state index contributed by atoms with van der Waals surface area (Å²) in [4.78, 5) is 0. The number of halogens is 2. The van der Waals surface area contributed by atoms with Crippen LogP contribution >= 0.6 is 15.9 Å². The van der Waals surface area contributed by atoms with E-state index in [2.05, 4.69) is 15.9 Å². The van der Waals surface area contributed by atoms with Crippen LogP contribution in [0, 0.1) is 17.1 Å². The van der Waals surface area contributed by atoms with Crippen molar-refractivity contribution in [3.8, 4) is 6.07 Å². The van der Waals surface area contributed by atoms with Crippen molar-refractivity contribution in [2.75, 3.05) is 0 Å². The Morgan fingerprint density at radius 3 is 2.80 bits per heavy atom. The molecular formula is C11H10BrFN2. The average molecular weight is 269 g/mol. The van der Waals surface area contributed by atoms with Gasteiger partial charge in [0.05, 0.1) is 21.8 Å². The molecule has 0 saturated heterocycles. The molecule has 1 aromatic carbocycles. The fraction of sp³-hybridized carbons (Fsp3) is 0.182. The van der Waals surface area contributed by atoms with Gasteiger partial charge in [-0.15, -0.1) is 0 Å². The Labute approximate surface area is 96.3 Å². The minimum atomic E-state index is -0.434. The van der Waals surface area contributed by atoms with Crippen LogP contribution in [-0.4, -0.2) is 0 Å². The van der Waals surface area contributed by atoms with Crippen LogP contribution in [-0.2, 0) is 0 Å². The molecule has 0 bridgehead atoms. The van der Waals surface area contributed by atoms with Crippen LogP contribution in [0.4, 0.5) is 4.39 Å². The van der Waals surface area contributed by atoms with Crippen molar-refractivity contribution in [2.45, 2.75) is 13.3 Å². The Bertz CT molecular complexity index is 446. The van der Waals surface area contributed by atoms with E-state index in [1.54, 1.807) is 25.1 Å². The van der Waals surface area contributed by atoms with Crippen LogP contribution in [0.3, 0.4) is 0 Å². The van der Waals surface area contributed by atoms with Gasteiger partial charge in [-0.3, -0.25) is 0 Å². The molecule has 0 spiro atoms. The van der Waals surface area contributed by atoms with Gasteiger partial charge < -0.3 is 5.73 Å². The number of rotatable bonds is 2. The Hall–Kier alpha value is -1.34. The Balaban J connectivity index is 3.35. The van der Waals surface area contributed by atoms with E-state index in [0.717, 1.165) is 0 Å². The van der Waals surface area contributed by atoms with Gasteiger partial charge in [-0.25, -0.2) is 4.39 Å². The van der Waals surface area contributed by atoms with Gasteiger partial charge in [-0.1, -0.05) is 13.0 Å². The molecule has 0 radical (unpaired) electrons. The number of nitrogens with zero attached hydrogens (tertiary/aromatic N) is 1. The second-order valence-corrected chi connectivity index (χ2v) is 3.81. The molecule has 0 fully saturated rings. The lowest BCUT2D eigenvalue weighted by Gasteiger charge is -2.06. The van der Waals surface area contributed by atoms with Crippen molar-refractivity contribution < 1.29 is 4.39 Å². The molecule has 0 saturated carbocycles. The fourth-order valence-electron chi connectivity index (χ4n) is 1.20. The third-order valence-corrected chi connectivity index (χ3v) is 2.67. The minimum Gasteiger partial charge on any atom is -0.397 e. The van der Waals surface area contributed by atoms with Gasteiger partial charge in [0.1, 0.15) is 5.82 Å². The van der Waals surface area contributed by atoms with E-state index in [9.17, 15) is 4.39 Å². The fourth-order valence-corrected chi connectivity index (χ4v) is 1.57. The van der Waals surface area contributed by atoms with E-state index < -0.39 is 5.82 Å². The number of nitrogens with two attached hydrogens (primary N) is 1. The highest BCUT2D eigenvalue weighted by Crippen LogP contribution is 2.24. The highest BCUT2D eigenvalue weighted by atomic mass is 79.9. The molecule has 0 amide bonds. The first-order valence-electron chi connectivity index (χ1n) is 4.44. The summed E-state index contributed by atoms with van der Waals surface area (Å²) in [5.41, 5.74) is 6.60. The molecular weight excluding hydrogens is 259 g/mol. The van der Waals surface area contributed by atoms with Gasteiger partial charge in [0, 0.05) is 5.56 Å². The van der Waals surface area contributed by atoms with E-state index in [-0.39, 0.29) is 11.3 Å². The highest BCUT2D eigenvalue weighted by molar-refractivity contribution is 9.10. The van der Waals surface area contributed by atoms with Crippen molar-refractivity contribution in [3.63, 3.8) is 0 Å². The molecule has 1 aromatic rings. The van der Waals surface area contributed by atoms with Crippen molar-refractivity contribution in [1.29, 1.82) is 5.26 Å². The van der Waals surface area contributed by atoms with E-state index in [1.165, 1.54) is 0 Å². The zero-order chi connectivity index (χ0) is 11.4. The Morgan fingerprint density at radius 1 is 1.60 bits per heavy atom. The first-order chi connectivity index (χ1) is 7.11. The minimum absolute atomic E-state index is 0.207. The van der Waals surface area contributed by atoms with Crippen molar-refractivity contribution in [3.05, 3.63) is 39.6 Å². The Morgan fingerprint density at radius 2 is 2.27 bits per heavy atom. The van der Waals surface area contributed by atoms with E-state index in [4.69, 9.17) is 11.0 Å². The largest absolute Gasteiger partial charge is 0.397 e. The summed E-state index contributed by atoms with van der Waals surface area (Å²) in [6.45, 7) is 1.81. The lowest BCUT2D eigenvalue weighted by Crippen LogP contribution is -2.03. The van der Waals surface area contributed by atoms with Gasteiger partial charge in [-0.2, -0.15) is 5.26 Å². The van der Waals surface area contributed by atoms with Gasteiger partial charge in [0.2, 0.25) is 0 Å². The standard InChI is InChI=1S/C11H10BrFN2/c1-2-7(6-14)11(15)8-4-3-5-9(12)10(8)13/h3-5H,2,15H2,1H3/b11-7-. The molecule has 2 nitrogen and oxygen atoms in total. The molecule has 78 valence electrons. The number of allylic oxidation sites excluding steroid dienone is 1. The molecule has 2 N–H and O–H groups in total. The predicted octanol–water partition coefficient (Wildman–Crippen LogP) is 3.19. The summed E-state index contributed by atoms with van der Waals surface area (Å²) in [6, 6.07) is 6.80. The molecule has 4 heteroatoms. The Kier molecular flexibility index (Phi) is 3.87. The molecule has 0 aromatic heterocycles. The van der Waals surface area contributed by atoms with Gasteiger partial charge in [-0.05, 0) is 34.5 Å². The van der Waals surface area contributed by atoms with Crippen molar-refractivity contribution >= 4 is 21.6 Å². The molecule has 0 aliphatic carbocycles. The van der Waals surface area contributed by atoms with Gasteiger partial charge in [0.15, 0.2) is 0 Å². The van der Waals surface area contributed by atoms with Crippen molar-refractivity contribution in [1.82, 2.24) is 0 Å². The summed E-state index contributed by atoms with van der Waals surface area (Å²) in [5, 5.41) is 8.80. The third-order valence-electron chi connectivity index (χ3n) is 2.06. The zero-order valence-electron chi connectivity index (χ0n) is 8.22. The second kappa shape index (κ2) is 4.94. The number of nitriles is 1. The SMILES string of the molecule is CC/C(C#N)=C(/N)c1cccc(Br)c1F. The van der Waals surface area contributed by atoms with Crippen molar-refractivity contribution in [2.24, 2.45) is 5.73 Å². The maximum absolute atomic E-state index is 13.6. The van der Waals surface area contributed by atoms with Crippen LogP contribution in [0.1, 0.15) is 18.9 Å². The third kappa shape index (κ3) is 2.37. The lowest BCUT2D eigenvalue weighted by atomic mass is 10.1.